The molecule has 3 rings (SSSR count). The maximum atomic E-state index is 12.3. The van der Waals surface area contributed by atoms with Crippen molar-refractivity contribution >= 4 is 17.5 Å². The predicted molar refractivity (Wildman–Crippen MR) is 85.5 cm³/mol. The number of nitrogen functional groups attached to an aromatic ring is 1. The number of hydrogen-bond donors (Lipinski definition) is 2. The van der Waals surface area contributed by atoms with E-state index < -0.39 is 0 Å². The molecule has 3 aromatic rings. The van der Waals surface area contributed by atoms with E-state index in [1.165, 1.54) is 0 Å². The molecule has 1 aromatic heterocycles. The minimum absolute atomic E-state index is 0.317. The molecule has 3 N–H and O–H groups in total. The number of aromatic nitrogens is 1. The summed E-state index contributed by atoms with van der Waals surface area (Å²) >= 11 is 0. The van der Waals surface area contributed by atoms with Crippen LogP contribution < -0.4 is 11.1 Å². The van der Waals surface area contributed by atoms with Gasteiger partial charge in [0.15, 0.2) is 0 Å². The second kappa shape index (κ2) is 5.73. The molecule has 110 valence electrons. The Balaban J connectivity index is 1.94. The van der Waals surface area contributed by atoms with E-state index in [9.17, 15) is 4.79 Å². The first kappa shape index (κ1) is 13.9. The van der Waals surface area contributed by atoms with Gasteiger partial charge in [-0.1, -0.05) is 47.6 Å². The van der Waals surface area contributed by atoms with Gasteiger partial charge in [0.2, 0.25) is 5.88 Å². The van der Waals surface area contributed by atoms with Gasteiger partial charge < -0.3 is 10.3 Å². The number of para-hydroxylation sites is 1. The minimum Gasteiger partial charge on any atom is -0.398 e. The fourth-order valence-electron chi connectivity index (χ4n) is 2.27. The summed E-state index contributed by atoms with van der Waals surface area (Å²) in [6.45, 7) is 1.83. The van der Waals surface area contributed by atoms with E-state index in [4.69, 9.17) is 10.3 Å². The largest absolute Gasteiger partial charge is 0.398 e. The standard InChI is InChI=1S/C17H15N3O2/c1-11-15(12-7-3-2-4-8-12)17(22-20-11)19-16(21)13-9-5-6-10-14(13)18/h2-10H,18H2,1H3,(H,19,21). The molecule has 1 amide bonds. The van der Waals surface area contributed by atoms with Crippen LogP contribution in [0.4, 0.5) is 11.6 Å². The highest BCUT2D eigenvalue weighted by atomic mass is 16.5. The van der Waals surface area contributed by atoms with Gasteiger partial charge in [0.05, 0.1) is 16.8 Å². The van der Waals surface area contributed by atoms with Gasteiger partial charge in [-0.25, -0.2) is 0 Å². The zero-order chi connectivity index (χ0) is 15.5. The Kier molecular flexibility index (Phi) is 3.62. The second-order valence-corrected chi connectivity index (χ2v) is 4.88. The number of aryl methyl sites for hydroxylation is 1. The maximum absolute atomic E-state index is 12.3. The second-order valence-electron chi connectivity index (χ2n) is 4.88. The lowest BCUT2D eigenvalue weighted by Crippen LogP contribution is -2.14. The Morgan fingerprint density at radius 3 is 2.50 bits per heavy atom. The maximum Gasteiger partial charge on any atom is 0.260 e. The SMILES string of the molecule is Cc1noc(NC(=O)c2ccccc2N)c1-c1ccccc1. The average molecular weight is 293 g/mol. The van der Waals surface area contributed by atoms with Crippen molar-refractivity contribution in [2.75, 3.05) is 11.1 Å². The number of nitrogens with one attached hydrogen (secondary N) is 1. The van der Waals surface area contributed by atoms with Crippen molar-refractivity contribution in [2.24, 2.45) is 0 Å². The van der Waals surface area contributed by atoms with E-state index in [0.29, 0.717) is 22.8 Å². The summed E-state index contributed by atoms with van der Waals surface area (Å²) in [5.74, 6) is -0.0108. The normalized spacial score (nSPS) is 10.4. The third kappa shape index (κ3) is 2.56. The molecule has 0 bridgehead atoms. The van der Waals surface area contributed by atoms with Crippen LogP contribution in [-0.2, 0) is 0 Å². The van der Waals surface area contributed by atoms with Crippen molar-refractivity contribution in [3.63, 3.8) is 0 Å². The van der Waals surface area contributed by atoms with Crippen molar-refractivity contribution in [3.05, 3.63) is 65.9 Å². The van der Waals surface area contributed by atoms with Gasteiger partial charge in [-0.2, -0.15) is 0 Å². The molecular formula is C17H15N3O2. The zero-order valence-electron chi connectivity index (χ0n) is 12.0. The number of carbonyl (C=O) groups is 1. The fourth-order valence-corrected chi connectivity index (χ4v) is 2.27. The van der Waals surface area contributed by atoms with Gasteiger partial charge >= 0.3 is 0 Å². The number of benzene rings is 2. The molecule has 0 aliphatic heterocycles. The Morgan fingerprint density at radius 1 is 1.09 bits per heavy atom. The molecule has 0 radical (unpaired) electrons. The van der Waals surface area contributed by atoms with Gasteiger partial charge in [-0.3, -0.25) is 10.1 Å². The van der Waals surface area contributed by atoms with Crippen LogP contribution in [0.5, 0.6) is 0 Å². The van der Waals surface area contributed by atoms with E-state index in [0.717, 1.165) is 11.1 Å². The summed E-state index contributed by atoms with van der Waals surface area (Å²) in [7, 11) is 0. The smallest absolute Gasteiger partial charge is 0.260 e. The zero-order valence-corrected chi connectivity index (χ0v) is 12.0. The minimum atomic E-state index is -0.327. The first-order valence-electron chi connectivity index (χ1n) is 6.84. The summed E-state index contributed by atoms with van der Waals surface area (Å²) in [5.41, 5.74) is 9.04. The first-order valence-corrected chi connectivity index (χ1v) is 6.84. The molecule has 2 aromatic carbocycles. The van der Waals surface area contributed by atoms with Crippen LogP contribution in [0, 0.1) is 6.92 Å². The molecule has 0 unspecified atom stereocenters. The molecule has 0 aliphatic rings. The molecule has 0 atom stereocenters. The van der Waals surface area contributed by atoms with Crippen molar-refractivity contribution in [2.45, 2.75) is 6.92 Å². The van der Waals surface area contributed by atoms with E-state index in [1.54, 1.807) is 24.3 Å². The fraction of sp³-hybridized carbons (Fsp3) is 0.0588. The quantitative estimate of drug-likeness (QED) is 0.724. The molecular weight excluding hydrogens is 278 g/mol. The molecule has 22 heavy (non-hydrogen) atoms. The van der Waals surface area contributed by atoms with E-state index in [1.807, 2.05) is 37.3 Å². The molecule has 0 spiro atoms. The van der Waals surface area contributed by atoms with E-state index in [2.05, 4.69) is 10.5 Å². The van der Waals surface area contributed by atoms with Gasteiger partial charge in [0, 0.05) is 5.69 Å². The van der Waals surface area contributed by atoms with Crippen LogP contribution in [0.15, 0.2) is 59.1 Å². The van der Waals surface area contributed by atoms with Crippen LogP contribution in [0.3, 0.4) is 0 Å². The highest BCUT2D eigenvalue weighted by Gasteiger charge is 2.18. The van der Waals surface area contributed by atoms with Crippen LogP contribution >= 0.6 is 0 Å². The lowest BCUT2D eigenvalue weighted by Gasteiger charge is -2.06. The lowest BCUT2D eigenvalue weighted by molar-refractivity contribution is 0.102. The first-order chi connectivity index (χ1) is 10.7. The van der Waals surface area contributed by atoms with Gasteiger partial charge in [0.1, 0.15) is 0 Å². The average Bonchev–Trinajstić information content (AvgIpc) is 2.89. The lowest BCUT2D eigenvalue weighted by atomic mass is 10.1. The number of hydrogen-bond acceptors (Lipinski definition) is 4. The number of nitrogens with zero attached hydrogens (tertiary/aromatic N) is 1. The Morgan fingerprint density at radius 2 is 1.77 bits per heavy atom. The molecule has 1 heterocycles. The summed E-state index contributed by atoms with van der Waals surface area (Å²) in [4.78, 5) is 12.3. The molecule has 5 heteroatoms. The van der Waals surface area contributed by atoms with Crippen molar-refractivity contribution in [3.8, 4) is 11.1 Å². The van der Waals surface area contributed by atoms with Gasteiger partial charge in [0.25, 0.3) is 5.91 Å². The number of nitrogens with two attached hydrogens (primary N) is 1. The summed E-state index contributed by atoms with van der Waals surface area (Å²) < 4.78 is 5.26. The number of amides is 1. The molecule has 0 saturated heterocycles. The number of carbonyl (C=O) groups excluding carboxylic acids is 1. The highest BCUT2D eigenvalue weighted by Crippen LogP contribution is 2.31. The van der Waals surface area contributed by atoms with E-state index in [-0.39, 0.29) is 5.91 Å². The molecule has 0 fully saturated rings. The Bertz CT molecular complexity index is 810. The molecule has 0 saturated carbocycles. The molecule has 5 nitrogen and oxygen atoms in total. The van der Waals surface area contributed by atoms with E-state index >= 15 is 0 Å². The Labute approximate surface area is 127 Å². The third-order valence-corrected chi connectivity index (χ3v) is 3.36. The van der Waals surface area contributed by atoms with Crippen LogP contribution in [0.2, 0.25) is 0 Å². The van der Waals surface area contributed by atoms with Crippen molar-refractivity contribution < 1.29 is 9.32 Å². The van der Waals surface area contributed by atoms with Crippen LogP contribution in [0.1, 0.15) is 16.1 Å². The van der Waals surface area contributed by atoms with Crippen molar-refractivity contribution in [1.29, 1.82) is 0 Å². The highest BCUT2D eigenvalue weighted by molar-refractivity contribution is 6.08. The van der Waals surface area contributed by atoms with Gasteiger partial charge in [-0.15, -0.1) is 0 Å². The van der Waals surface area contributed by atoms with Crippen molar-refractivity contribution in [1.82, 2.24) is 5.16 Å². The molecule has 0 aliphatic carbocycles. The third-order valence-electron chi connectivity index (χ3n) is 3.36. The number of rotatable bonds is 3. The summed E-state index contributed by atoms with van der Waals surface area (Å²) in [6.07, 6.45) is 0. The topological polar surface area (TPSA) is 81.2 Å². The predicted octanol–water partition coefficient (Wildman–Crippen LogP) is 3.48. The van der Waals surface area contributed by atoms with Gasteiger partial charge in [-0.05, 0) is 24.6 Å². The van der Waals surface area contributed by atoms with Crippen LogP contribution in [0.25, 0.3) is 11.1 Å². The summed E-state index contributed by atoms with van der Waals surface area (Å²) in [5, 5.41) is 6.68. The monoisotopic (exact) mass is 293 g/mol. The Hall–Kier alpha value is -3.08. The number of anilines is 2. The summed E-state index contributed by atoms with van der Waals surface area (Å²) in [6, 6.07) is 16.5. The van der Waals surface area contributed by atoms with Crippen LogP contribution in [-0.4, -0.2) is 11.1 Å².